The van der Waals surface area contributed by atoms with E-state index in [0.29, 0.717) is 5.82 Å². The molecule has 7 nitrogen and oxygen atoms in total. The van der Waals surface area contributed by atoms with Crippen LogP contribution in [0.15, 0.2) is 41.2 Å². The lowest BCUT2D eigenvalue weighted by Crippen LogP contribution is -2.30. The lowest BCUT2D eigenvalue weighted by Gasteiger charge is -2.09. The molecule has 0 spiro atoms. The number of nitrogens with zero attached hydrogens (tertiary/aromatic N) is 3. The number of benzene rings is 1. The van der Waals surface area contributed by atoms with Crippen molar-refractivity contribution in [3.8, 4) is 11.4 Å². The van der Waals surface area contributed by atoms with E-state index < -0.39 is 29.0 Å². The Morgan fingerprint density at radius 1 is 1.08 bits per heavy atom. The van der Waals surface area contributed by atoms with Gasteiger partial charge in [0, 0.05) is 30.8 Å². The lowest BCUT2D eigenvalue weighted by molar-refractivity contribution is -0.120. The highest BCUT2D eigenvalue weighted by atomic mass is 19.2. The van der Waals surface area contributed by atoms with Crippen LogP contribution in [-0.2, 0) is 11.2 Å². The van der Waals surface area contributed by atoms with Crippen LogP contribution in [0.1, 0.15) is 12.3 Å². The van der Waals surface area contributed by atoms with Crippen molar-refractivity contribution in [1.29, 1.82) is 0 Å². The van der Waals surface area contributed by atoms with E-state index in [1.165, 1.54) is 0 Å². The molecule has 2 heterocycles. The van der Waals surface area contributed by atoms with Crippen molar-refractivity contribution in [2.75, 3.05) is 5.43 Å². The highest BCUT2D eigenvalue weighted by Crippen LogP contribution is 2.19. The van der Waals surface area contributed by atoms with Gasteiger partial charge >= 0.3 is 0 Å². The Labute approximate surface area is 145 Å². The first-order chi connectivity index (χ1) is 12.5. The standard InChI is InChI=1S/C16H12F3N5O2/c17-10-1-2-11(15(19)14(10)18)22-23-12(25)3-4-13-21-16(24-26-13)9-5-7-20-8-6-9/h1-2,5-8,22H,3-4H2,(H,23,25). The van der Waals surface area contributed by atoms with Crippen molar-refractivity contribution < 1.29 is 22.5 Å². The Balaban J connectivity index is 1.52. The molecule has 26 heavy (non-hydrogen) atoms. The van der Waals surface area contributed by atoms with Crippen molar-refractivity contribution in [1.82, 2.24) is 20.6 Å². The Hall–Kier alpha value is -3.43. The predicted octanol–water partition coefficient (Wildman–Crippen LogP) is 2.62. The van der Waals surface area contributed by atoms with E-state index in [1.807, 2.05) is 0 Å². The molecule has 3 rings (SSSR count). The van der Waals surface area contributed by atoms with Gasteiger partial charge in [-0.2, -0.15) is 4.98 Å². The molecule has 0 fully saturated rings. The van der Waals surface area contributed by atoms with Gasteiger partial charge in [0.05, 0.1) is 5.69 Å². The van der Waals surface area contributed by atoms with Gasteiger partial charge < -0.3 is 4.52 Å². The number of hydrazine groups is 1. The second-order valence-electron chi connectivity index (χ2n) is 5.14. The number of aryl methyl sites for hydroxylation is 1. The summed E-state index contributed by atoms with van der Waals surface area (Å²) in [5.74, 6) is -4.29. The summed E-state index contributed by atoms with van der Waals surface area (Å²) < 4.78 is 44.4. The van der Waals surface area contributed by atoms with Gasteiger partial charge in [-0.1, -0.05) is 5.16 Å². The topological polar surface area (TPSA) is 92.9 Å². The third-order valence-electron chi connectivity index (χ3n) is 3.34. The number of aromatic nitrogens is 3. The summed E-state index contributed by atoms with van der Waals surface area (Å²) in [6.07, 6.45) is 3.27. The highest BCUT2D eigenvalue weighted by molar-refractivity contribution is 5.77. The van der Waals surface area contributed by atoms with Crippen LogP contribution in [0, 0.1) is 17.5 Å². The fourth-order valence-corrected chi connectivity index (χ4v) is 2.02. The summed E-state index contributed by atoms with van der Waals surface area (Å²) in [5.41, 5.74) is 4.70. The number of carbonyl (C=O) groups excluding carboxylic acids is 1. The number of anilines is 1. The van der Waals surface area contributed by atoms with Gasteiger partial charge in [-0.05, 0) is 24.3 Å². The maximum Gasteiger partial charge on any atom is 0.238 e. The van der Waals surface area contributed by atoms with Gasteiger partial charge in [-0.15, -0.1) is 0 Å². The number of halogens is 3. The first-order valence-corrected chi connectivity index (χ1v) is 7.46. The Bertz CT molecular complexity index is 918. The third-order valence-corrected chi connectivity index (χ3v) is 3.34. The maximum absolute atomic E-state index is 13.5. The summed E-state index contributed by atoms with van der Waals surface area (Å²) in [5, 5.41) is 3.80. The molecule has 0 aliphatic rings. The molecule has 3 aromatic rings. The molecule has 0 unspecified atom stereocenters. The van der Waals surface area contributed by atoms with Gasteiger partial charge in [0.2, 0.25) is 17.6 Å². The Kier molecular flexibility index (Phi) is 5.11. The quantitative estimate of drug-likeness (QED) is 0.517. The zero-order chi connectivity index (χ0) is 18.5. The van der Waals surface area contributed by atoms with E-state index in [2.05, 4.69) is 26.0 Å². The minimum atomic E-state index is -1.63. The molecule has 2 N–H and O–H groups in total. The van der Waals surface area contributed by atoms with Crippen molar-refractivity contribution in [3.05, 3.63) is 60.0 Å². The van der Waals surface area contributed by atoms with Crippen molar-refractivity contribution in [2.45, 2.75) is 12.8 Å². The minimum absolute atomic E-state index is 0.0454. The maximum atomic E-state index is 13.5. The van der Waals surface area contributed by atoms with E-state index in [1.54, 1.807) is 24.5 Å². The van der Waals surface area contributed by atoms with Crippen LogP contribution in [0.3, 0.4) is 0 Å². The predicted molar refractivity (Wildman–Crippen MR) is 83.9 cm³/mol. The number of carbonyl (C=O) groups is 1. The summed E-state index contributed by atoms with van der Waals surface area (Å²) in [4.78, 5) is 19.8. The fraction of sp³-hybridized carbons (Fsp3) is 0.125. The van der Waals surface area contributed by atoms with Crippen LogP contribution in [0.5, 0.6) is 0 Å². The van der Waals surface area contributed by atoms with Crippen molar-refractivity contribution in [3.63, 3.8) is 0 Å². The lowest BCUT2D eigenvalue weighted by atomic mass is 10.2. The van der Waals surface area contributed by atoms with E-state index in [9.17, 15) is 18.0 Å². The normalized spacial score (nSPS) is 10.6. The molecule has 0 bridgehead atoms. The van der Waals surface area contributed by atoms with Crippen molar-refractivity contribution >= 4 is 11.6 Å². The molecule has 1 aromatic carbocycles. The largest absolute Gasteiger partial charge is 0.339 e. The monoisotopic (exact) mass is 363 g/mol. The second kappa shape index (κ2) is 7.64. The molecule has 2 aromatic heterocycles. The summed E-state index contributed by atoms with van der Waals surface area (Å²) >= 11 is 0. The molecule has 0 aliphatic carbocycles. The van der Waals surface area contributed by atoms with Crippen LogP contribution < -0.4 is 10.9 Å². The minimum Gasteiger partial charge on any atom is -0.339 e. The molecule has 1 amide bonds. The molecular formula is C16H12F3N5O2. The summed E-state index contributed by atoms with van der Waals surface area (Å²) in [6, 6.07) is 5.13. The molecule has 0 aliphatic heterocycles. The molecule has 0 atom stereocenters. The Morgan fingerprint density at radius 2 is 1.85 bits per heavy atom. The number of hydrogen-bond acceptors (Lipinski definition) is 6. The van der Waals surface area contributed by atoms with E-state index in [0.717, 1.165) is 17.7 Å². The van der Waals surface area contributed by atoms with E-state index >= 15 is 0 Å². The van der Waals surface area contributed by atoms with Gasteiger partial charge in [-0.3, -0.25) is 20.6 Å². The van der Waals surface area contributed by atoms with Gasteiger partial charge in [0.1, 0.15) is 0 Å². The van der Waals surface area contributed by atoms with Gasteiger partial charge in [-0.25, -0.2) is 13.2 Å². The van der Waals surface area contributed by atoms with Crippen LogP contribution in [0.4, 0.5) is 18.9 Å². The smallest absolute Gasteiger partial charge is 0.238 e. The molecule has 10 heteroatoms. The molecule has 134 valence electrons. The van der Waals surface area contributed by atoms with E-state index in [4.69, 9.17) is 4.52 Å². The molecule has 0 saturated carbocycles. The molecule has 0 radical (unpaired) electrons. The zero-order valence-corrected chi connectivity index (χ0v) is 13.2. The SMILES string of the molecule is O=C(CCc1nc(-c2ccncc2)no1)NNc1ccc(F)c(F)c1F. The highest BCUT2D eigenvalue weighted by Gasteiger charge is 2.14. The average Bonchev–Trinajstić information content (AvgIpc) is 3.14. The Morgan fingerprint density at radius 3 is 2.62 bits per heavy atom. The number of nitrogens with one attached hydrogen (secondary N) is 2. The number of amides is 1. The fourth-order valence-electron chi connectivity index (χ4n) is 2.02. The van der Waals surface area contributed by atoms with Crippen LogP contribution in [0.2, 0.25) is 0 Å². The number of pyridine rings is 1. The van der Waals surface area contributed by atoms with Crippen LogP contribution in [0.25, 0.3) is 11.4 Å². The number of rotatable bonds is 6. The summed E-state index contributed by atoms with van der Waals surface area (Å²) in [7, 11) is 0. The van der Waals surface area contributed by atoms with Gasteiger partial charge in [0.25, 0.3) is 0 Å². The zero-order valence-electron chi connectivity index (χ0n) is 13.2. The van der Waals surface area contributed by atoms with Crippen molar-refractivity contribution in [2.24, 2.45) is 0 Å². The van der Waals surface area contributed by atoms with Crippen LogP contribution in [-0.4, -0.2) is 21.0 Å². The average molecular weight is 363 g/mol. The van der Waals surface area contributed by atoms with E-state index in [-0.39, 0.29) is 18.7 Å². The molecule has 0 saturated heterocycles. The van der Waals surface area contributed by atoms with Crippen LogP contribution >= 0.6 is 0 Å². The third kappa shape index (κ3) is 3.97. The summed E-state index contributed by atoms with van der Waals surface area (Å²) in [6.45, 7) is 0. The van der Waals surface area contributed by atoms with Gasteiger partial charge in [0.15, 0.2) is 17.5 Å². The second-order valence-corrected chi connectivity index (χ2v) is 5.14. The number of hydrogen-bond donors (Lipinski definition) is 2. The molecular weight excluding hydrogens is 351 g/mol. The first-order valence-electron chi connectivity index (χ1n) is 7.46. The first kappa shape index (κ1) is 17.4.